The Bertz CT molecular complexity index is 521. The fraction of sp³-hybridized carbons (Fsp3) is 0. The maximum absolute atomic E-state index is 10.3. The van der Waals surface area contributed by atoms with Crippen molar-refractivity contribution in [1.29, 1.82) is 0 Å². The quantitative estimate of drug-likeness (QED) is 0.625. The van der Waals surface area contributed by atoms with Crippen molar-refractivity contribution in [2.75, 3.05) is 0 Å². The highest BCUT2D eigenvalue weighted by Crippen LogP contribution is 2.34. The van der Waals surface area contributed by atoms with Gasteiger partial charge in [-0.3, -0.25) is 20.2 Å². The molecule has 2 aromatic rings. The van der Waals surface area contributed by atoms with Crippen molar-refractivity contribution in [3.05, 3.63) is 63.0 Å². The summed E-state index contributed by atoms with van der Waals surface area (Å²) in [5.74, 6) is -0.709. The minimum atomic E-state index is -0.993. The van der Waals surface area contributed by atoms with E-state index in [0.717, 1.165) is 12.1 Å². The smallest absolute Gasteiger partial charge is 0.387 e. The van der Waals surface area contributed by atoms with E-state index in [1.807, 2.05) is 24.5 Å². The summed E-state index contributed by atoms with van der Waals surface area (Å²) in [5, 5.41) is 29.5. The van der Waals surface area contributed by atoms with Crippen LogP contribution in [0.25, 0.3) is 0 Å². The van der Waals surface area contributed by atoms with E-state index >= 15 is 0 Å². The lowest BCUT2D eigenvalue weighted by molar-refractivity contribution is -0.423. The molecule has 0 saturated carbocycles. The average Bonchev–Trinajstić information content (AvgIpc) is 2.86. The van der Waals surface area contributed by atoms with E-state index in [1.165, 1.54) is 6.07 Å². The van der Waals surface area contributed by atoms with Gasteiger partial charge in [-0.15, -0.1) is 0 Å². The highest BCUT2D eigenvalue weighted by molar-refractivity contribution is 5.60. The standard InChI is InChI=1S/C6H4N2O5.C4H5N/c9-5-3-1-2-4(7(10)11)6(5)8(12)13;1-2-4-5-3-1/h1-3,9H;1-5H. The zero-order valence-electron chi connectivity index (χ0n) is 9.02. The van der Waals surface area contributed by atoms with Gasteiger partial charge < -0.3 is 10.1 Å². The van der Waals surface area contributed by atoms with Crippen LogP contribution >= 0.6 is 0 Å². The lowest BCUT2D eigenvalue weighted by atomic mass is 10.2. The van der Waals surface area contributed by atoms with Crippen LogP contribution in [-0.2, 0) is 0 Å². The molecule has 0 bridgehead atoms. The van der Waals surface area contributed by atoms with Gasteiger partial charge in [0, 0.05) is 18.5 Å². The van der Waals surface area contributed by atoms with Gasteiger partial charge in [0.1, 0.15) is 0 Å². The summed E-state index contributed by atoms with van der Waals surface area (Å²) in [7, 11) is 0. The first-order valence-electron chi connectivity index (χ1n) is 4.72. The van der Waals surface area contributed by atoms with Gasteiger partial charge in [0.05, 0.1) is 9.85 Å². The molecule has 0 saturated heterocycles. The number of benzene rings is 1. The van der Waals surface area contributed by atoms with Crippen molar-refractivity contribution in [2.24, 2.45) is 0 Å². The number of rotatable bonds is 2. The van der Waals surface area contributed by atoms with Gasteiger partial charge >= 0.3 is 11.4 Å². The summed E-state index contributed by atoms with van der Waals surface area (Å²) in [6, 6.07) is 7.03. The van der Waals surface area contributed by atoms with Crippen molar-refractivity contribution in [3.8, 4) is 5.75 Å². The fourth-order valence-corrected chi connectivity index (χ4v) is 1.13. The van der Waals surface area contributed by atoms with E-state index in [1.54, 1.807) is 0 Å². The molecule has 1 heterocycles. The van der Waals surface area contributed by atoms with Gasteiger partial charge in [0.15, 0.2) is 0 Å². The molecule has 2 N–H and O–H groups in total. The molecular weight excluding hydrogens is 242 g/mol. The van der Waals surface area contributed by atoms with Crippen LogP contribution in [0.1, 0.15) is 0 Å². The number of nitro groups is 2. The van der Waals surface area contributed by atoms with E-state index in [0.29, 0.717) is 0 Å². The van der Waals surface area contributed by atoms with E-state index in [-0.39, 0.29) is 0 Å². The van der Waals surface area contributed by atoms with Crippen molar-refractivity contribution in [3.63, 3.8) is 0 Å². The molecule has 8 nitrogen and oxygen atoms in total. The monoisotopic (exact) mass is 251 g/mol. The van der Waals surface area contributed by atoms with Crippen LogP contribution < -0.4 is 0 Å². The SMILES string of the molecule is O=[N+]([O-])c1cccc(O)c1[N+](=O)[O-].c1cc[nH]c1. The summed E-state index contributed by atoms with van der Waals surface area (Å²) in [5.41, 5.74) is -1.60. The number of aromatic nitrogens is 1. The number of nitro benzene ring substituents is 2. The summed E-state index contributed by atoms with van der Waals surface area (Å²) in [6.45, 7) is 0. The van der Waals surface area contributed by atoms with E-state index in [4.69, 9.17) is 5.11 Å². The Morgan fingerprint density at radius 3 is 1.94 bits per heavy atom. The van der Waals surface area contributed by atoms with Gasteiger partial charge in [-0.25, -0.2) is 0 Å². The molecule has 0 aliphatic heterocycles. The highest BCUT2D eigenvalue weighted by Gasteiger charge is 2.27. The zero-order chi connectivity index (χ0) is 13.5. The number of hydrogen-bond donors (Lipinski definition) is 2. The van der Waals surface area contributed by atoms with Crippen LogP contribution in [-0.4, -0.2) is 19.9 Å². The summed E-state index contributed by atoms with van der Waals surface area (Å²) in [4.78, 5) is 21.5. The first kappa shape index (κ1) is 13.2. The molecule has 1 aromatic carbocycles. The number of para-hydroxylation sites is 1. The third-order valence-electron chi connectivity index (χ3n) is 1.87. The summed E-state index contributed by atoms with van der Waals surface area (Å²) < 4.78 is 0. The first-order valence-corrected chi connectivity index (χ1v) is 4.72. The molecule has 0 unspecified atom stereocenters. The van der Waals surface area contributed by atoms with Crippen molar-refractivity contribution >= 4 is 11.4 Å². The third kappa shape index (κ3) is 3.30. The third-order valence-corrected chi connectivity index (χ3v) is 1.87. The second-order valence-corrected chi connectivity index (χ2v) is 3.04. The van der Waals surface area contributed by atoms with Crippen LogP contribution in [0.3, 0.4) is 0 Å². The minimum absolute atomic E-state index is 0.709. The molecule has 8 heteroatoms. The number of aromatic hydroxyl groups is 1. The second-order valence-electron chi connectivity index (χ2n) is 3.04. The highest BCUT2D eigenvalue weighted by atomic mass is 16.6. The molecule has 0 aliphatic rings. The summed E-state index contributed by atoms with van der Waals surface area (Å²) >= 11 is 0. The molecule has 0 atom stereocenters. The topological polar surface area (TPSA) is 122 Å². The van der Waals surface area contributed by atoms with Crippen LogP contribution in [0.15, 0.2) is 42.7 Å². The van der Waals surface area contributed by atoms with Gasteiger partial charge in [0.25, 0.3) is 0 Å². The number of H-pyrrole nitrogens is 1. The average molecular weight is 251 g/mol. The number of hydrogen-bond acceptors (Lipinski definition) is 5. The number of nitrogens with zero attached hydrogens (tertiary/aromatic N) is 2. The molecule has 0 radical (unpaired) electrons. The van der Waals surface area contributed by atoms with Crippen molar-refractivity contribution in [1.82, 2.24) is 4.98 Å². The van der Waals surface area contributed by atoms with Crippen LogP contribution in [0.2, 0.25) is 0 Å². The van der Waals surface area contributed by atoms with Gasteiger partial charge in [-0.05, 0) is 18.2 Å². The predicted molar refractivity (Wildman–Crippen MR) is 62.2 cm³/mol. The maximum Gasteiger partial charge on any atom is 0.387 e. The van der Waals surface area contributed by atoms with Gasteiger partial charge in [-0.1, -0.05) is 6.07 Å². The Morgan fingerprint density at radius 2 is 1.61 bits per heavy atom. The number of nitrogens with one attached hydrogen (secondary N) is 1. The Balaban J connectivity index is 0.000000269. The molecule has 18 heavy (non-hydrogen) atoms. The Morgan fingerprint density at radius 1 is 1.00 bits per heavy atom. The molecule has 0 fully saturated rings. The number of phenols is 1. The zero-order valence-corrected chi connectivity index (χ0v) is 9.02. The van der Waals surface area contributed by atoms with Crippen LogP contribution in [0, 0.1) is 20.2 Å². The normalized spacial score (nSPS) is 9.11. The maximum atomic E-state index is 10.3. The second kappa shape index (κ2) is 5.99. The molecule has 94 valence electrons. The van der Waals surface area contributed by atoms with Crippen LogP contribution in [0.5, 0.6) is 5.75 Å². The Labute approximate surface area is 101 Å². The lowest BCUT2D eigenvalue weighted by Gasteiger charge is -1.95. The molecule has 0 aliphatic carbocycles. The predicted octanol–water partition coefficient (Wildman–Crippen LogP) is 2.22. The van der Waals surface area contributed by atoms with Crippen molar-refractivity contribution < 1.29 is 15.0 Å². The molecule has 2 rings (SSSR count). The Hall–Kier alpha value is -2.90. The largest absolute Gasteiger partial charge is 0.502 e. The fourth-order valence-electron chi connectivity index (χ4n) is 1.13. The van der Waals surface area contributed by atoms with Gasteiger partial charge in [0.2, 0.25) is 5.75 Å². The van der Waals surface area contributed by atoms with E-state index in [9.17, 15) is 20.2 Å². The minimum Gasteiger partial charge on any atom is -0.502 e. The van der Waals surface area contributed by atoms with Crippen molar-refractivity contribution in [2.45, 2.75) is 0 Å². The van der Waals surface area contributed by atoms with Gasteiger partial charge in [-0.2, -0.15) is 0 Å². The molecule has 0 amide bonds. The lowest BCUT2D eigenvalue weighted by Crippen LogP contribution is -1.96. The van der Waals surface area contributed by atoms with E-state index < -0.39 is 27.0 Å². The number of aromatic amines is 1. The number of phenolic OH excluding ortho intramolecular Hbond substituents is 1. The van der Waals surface area contributed by atoms with E-state index in [2.05, 4.69) is 4.98 Å². The Kier molecular flexibility index (Phi) is 4.38. The first-order chi connectivity index (χ1) is 8.54. The summed E-state index contributed by atoms with van der Waals surface area (Å²) in [6.07, 6.45) is 3.75. The molecule has 0 spiro atoms. The van der Waals surface area contributed by atoms with Crippen LogP contribution in [0.4, 0.5) is 11.4 Å². The molecule has 1 aromatic heterocycles. The molecular formula is C10H9N3O5.